The van der Waals surface area contributed by atoms with Crippen molar-refractivity contribution >= 4 is 16.9 Å². The maximum Gasteiger partial charge on any atom is 0.338 e. The van der Waals surface area contributed by atoms with E-state index in [9.17, 15) is 24.9 Å². The molecule has 59 heavy (non-hydrogen) atoms. The number of hydrogen-bond acceptors (Lipinski definition) is 12. The third-order valence-electron chi connectivity index (χ3n) is 11.1. The highest BCUT2D eigenvalue weighted by molar-refractivity contribution is 5.89. The molecule has 0 spiro atoms. The first kappa shape index (κ1) is 40.0. The van der Waals surface area contributed by atoms with Gasteiger partial charge in [-0.3, -0.25) is 10.1 Å². The van der Waals surface area contributed by atoms with Crippen molar-refractivity contribution in [3.8, 4) is 11.5 Å². The maximum absolute atomic E-state index is 12.9. The molecular formula is C46H48N4O9. The molecule has 6 N–H and O–H groups in total. The Labute approximate surface area is 341 Å². The van der Waals surface area contributed by atoms with Crippen LogP contribution in [0.5, 0.6) is 11.5 Å². The third-order valence-corrected chi connectivity index (χ3v) is 11.1. The standard InChI is InChI=1S/C46H48N4O9/c51-39-17-15-37(38-16-18-42(53)48-44(38)39)40(52)25-47-24-35-13-14-36(58-35)28-57-45(54)32-11-9-29(10-12-32)27-56-34-8-4-7-33(23-34)43(31-5-2-1-3-6-31)49-46(55)59-41-26-50-21-19-30(41)20-22-50/h1-18,23,30,40-41,43,46-47,49,51-52,55H,19-22,24-28H2,(H,48,53)/t40-,41-,43-,46?/m0/s1. The molecular weight excluding hydrogens is 753 g/mol. The molecule has 2 bridgehead atoms. The van der Waals surface area contributed by atoms with E-state index in [2.05, 4.69) is 20.5 Å². The Kier molecular flexibility index (Phi) is 12.5. The Bertz CT molecular complexity index is 2390. The molecule has 3 aliphatic heterocycles. The number of rotatable bonds is 17. The van der Waals surface area contributed by atoms with Gasteiger partial charge in [0.2, 0.25) is 12.0 Å². The summed E-state index contributed by atoms with van der Waals surface area (Å²) in [6.07, 6.45) is 0.157. The molecule has 0 saturated carbocycles. The van der Waals surface area contributed by atoms with Crippen LogP contribution in [0, 0.1) is 5.92 Å². The largest absolute Gasteiger partial charge is 0.506 e. The highest BCUT2D eigenvalue weighted by Crippen LogP contribution is 2.32. The minimum atomic E-state index is -1.14. The van der Waals surface area contributed by atoms with Crippen LogP contribution in [0.4, 0.5) is 0 Å². The molecule has 0 amide bonds. The number of phenolic OH excluding ortho intramolecular Hbond substituents is 1. The Morgan fingerprint density at radius 3 is 2.42 bits per heavy atom. The summed E-state index contributed by atoms with van der Waals surface area (Å²) in [7, 11) is 0. The summed E-state index contributed by atoms with van der Waals surface area (Å²) < 4.78 is 23.7. The number of phenols is 1. The number of piperidine rings is 3. The van der Waals surface area contributed by atoms with E-state index in [4.69, 9.17) is 18.6 Å². The monoisotopic (exact) mass is 800 g/mol. The summed E-state index contributed by atoms with van der Waals surface area (Å²) in [5.74, 6) is 1.63. The molecule has 0 radical (unpaired) electrons. The van der Waals surface area contributed by atoms with E-state index in [0.717, 1.165) is 49.2 Å². The van der Waals surface area contributed by atoms with E-state index in [1.807, 2.05) is 66.7 Å². The Morgan fingerprint density at radius 2 is 1.64 bits per heavy atom. The molecule has 4 atom stereocenters. The van der Waals surface area contributed by atoms with Gasteiger partial charge in [0.1, 0.15) is 36.2 Å². The van der Waals surface area contributed by atoms with Gasteiger partial charge >= 0.3 is 5.97 Å². The molecule has 5 heterocycles. The quantitative estimate of drug-likeness (QED) is 0.0494. The zero-order valence-corrected chi connectivity index (χ0v) is 32.5. The summed E-state index contributed by atoms with van der Waals surface area (Å²) in [6, 6.07) is 33.9. The molecule has 3 saturated heterocycles. The van der Waals surface area contributed by atoms with Gasteiger partial charge in [-0.05, 0) is 103 Å². The summed E-state index contributed by atoms with van der Waals surface area (Å²) >= 11 is 0. The van der Waals surface area contributed by atoms with Gasteiger partial charge in [-0.15, -0.1) is 0 Å². The predicted molar refractivity (Wildman–Crippen MR) is 219 cm³/mol. The van der Waals surface area contributed by atoms with E-state index in [1.54, 1.807) is 36.4 Å². The third kappa shape index (κ3) is 9.91. The van der Waals surface area contributed by atoms with Crippen molar-refractivity contribution in [2.75, 3.05) is 26.2 Å². The van der Waals surface area contributed by atoms with Crippen LogP contribution in [0.15, 0.2) is 124 Å². The molecule has 3 fully saturated rings. The number of nitrogens with zero attached hydrogens (tertiary/aromatic N) is 1. The summed E-state index contributed by atoms with van der Waals surface area (Å²) in [6.45, 7) is 3.77. The first-order chi connectivity index (χ1) is 28.8. The van der Waals surface area contributed by atoms with Crippen LogP contribution in [0.25, 0.3) is 10.9 Å². The van der Waals surface area contributed by atoms with E-state index in [1.165, 1.54) is 12.1 Å². The number of aromatic amines is 1. The van der Waals surface area contributed by atoms with Crippen LogP contribution in [0.1, 0.15) is 69.1 Å². The molecule has 13 heteroatoms. The molecule has 4 aromatic carbocycles. The highest BCUT2D eigenvalue weighted by Gasteiger charge is 2.36. The highest BCUT2D eigenvalue weighted by atomic mass is 16.6. The maximum atomic E-state index is 12.9. The number of H-pyrrole nitrogens is 1. The molecule has 3 aliphatic rings. The number of aromatic nitrogens is 1. The van der Waals surface area contributed by atoms with E-state index < -0.39 is 18.5 Å². The van der Waals surface area contributed by atoms with E-state index in [-0.39, 0.29) is 48.7 Å². The van der Waals surface area contributed by atoms with Crippen LogP contribution < -0.4 is 20.9 Å². The van der Waals surface area contributed by atoms with Crippen molar-refractivity contribution < 1.29 is 38.7 Å². The number of carbonyl (C=O) groups is 1. The van der Waals surface area contributed by atoms with Crippen molar-refractivity contribution in [2.45, 2.75) is 57.3 Å². The second-order valence-corrected chi connectivity index (χ2v) is 15.1. The smallest absolute Gasteiger partial charge is 0.338 e. The number of aliphatic hydroxyl groups excluding tert-OH is 2. The normalized spacial score (nSPS) is 19.0. The molecule has 9 rings (SSSR count). The second kappa shape index (κ2) is 18.4. The summed E-state index contributed by atoms with van der Waals surface area (Å²) in [5.41, 5.74) is 3.65. The van der Waals surface area contributed by atoms with Gasteiger partial charge in [-0.1, -0.05) is 60.7 Å². The van der Waals surface area contributed by atoms with Crippen molar-refractivity contribution in [2.24, 2.45) is 5.92 Å². The lowest BCUT2D eigenvalue weighted by atomic mass is 9.86. The summed E-state index contributed by atoms with van der Waals surface area (Å²) in [5, 5.41) is 39.0. The first-order valence-electron chi connectivity index (χ1n) is 19.9. The topological polar surface area (TPSA) is 179 Å². The average Bonchev–Trinajstić information content (AvgIpc) is 3.72. The van der Waals surface area contributed by atoms with Crippen molar-refractivity contribution in [1.29, 1.82) is 0 Å². The Hall–Kier alpha value is -5.80. The Morgan fingerprint density at radius 1 is 0.864 bits per heavy atom. The number of pyridine rings is 1. The Balaban J connectivity index is 0.805. The van der Waals surface area contributed by atoms with Gasteiger partial charge in [0.05, 0.1) is 35.9 Å². The molecule has 1 unspecified atom stereocenters. The first-order valence-corrected chi connectivity index (χ1v) is 19.9. The van der Waals surface area contributed by atoms with Crippen LogP contribution in [0.2, 0.25) is 0 Å². The van der Waals surface area contributed by atoms with E-state index in [0.29, 0.717) is 46.2 Å². The van der Waals surface area contributed by atoms with Crippen molar-refractivity contribution in [3.63, 3.8) is 0 Å². The number of aliphatic hydroxyl groups is 2. The van der Waals surface area contributed by atoms with E-state index >= 15 is 0 Å². The average molecular weight is 801 g/mol. The van der Waals surface area contributed by atoms with Crippen LogP contribution >= 0.6 is 0 Å². The molecule has 13 nitrogen and oxygen atoms in total. The number of ether oxygens (including phenoxy) is 3. The molecule has 306 valence electrons. The van der Waals surface area contributed by atoms with Crippen LogP contribution in [-0.4, -0.2) is 69.9 Å². The van der Waals surface area contributed by atoms with Gasteiger partial charge in [0.25, 0.3) is 0 Å². The van der Waals surface area contributed by atoms with Crippen molar-refractivity contribution in [1.82, 2.24) is 20.5 Å². The fourth-order valence-electron chi connectivity index (χ4n) is 7.94. The van der Waals surface area contributed by atoms with Gasteiger partial charge in [0, 0.05) is 24.5 Å². The fourth-order valence-corrected chi connectivity index (χ4v) is 7.94. The fraction of sp³-hybridized carbons (Fsp3) is 0.304. The van der Waals surface area contributed by atoms with Gasteiger partial charge < -0.3 is 49.1 Å². The lowest BCUT2D eigenvalue weighted by Gasteiger charge is -2.45. The number of esters is 1. The number of benzene rings is 4. The zero-order chi connectivity index (χ0) is 40.7. The van der Waals surface area contributed by atoms with Crippen LogP contribution in [-0.2, 0) is 29.2 Å². The predicted octanol–water partition coefficient (Wildman–Crippen LogP) is 5.65. The van der Waals surface area contributed by atoms with Crippen LogP contribution in [0.3, 0.4) is 0 Å². The molecule has 6 aromatic rings. The lowest BCUT2D eigenvalue weighted by molar-refractivity contribution is -0.194. The SMILES string of the molecule is O=C(OCc1ccc(CNC[C@H](O)c2ccc(O)c3[nH]c(=O)ccc23)o1)c1ccc(COc2cccc([C@@H](NC(O)O[C@H]3CN4CCC3CC4)c3ccccc3)c2)cc1. The number of fused-ring (bicyclic) bond motifs is 4. The summed E-state index contributed by atoms with van der Waals surface area (Å²) in [4.78, 5) is 29.6. The molecule has 2 aromatic heterocycles. The lowest BCUT2D eigenvalue weighted by Crippen LogP contribution is -2.53. The van der Waals surface area contributed by atoms with Gasteiger partial charge in [-0.25, -0.2) is 4.79 Å². The zero-order valence-electron chi connectivity index (χ0n) is 32.5. The number of furan rings is 1. The van der Waals surface area contributed by atoms with Gasteiger partial charge in [-0.2, -0.15) is 0 Å². The minimum Gasteiger partial charge on any atom is -0.506 e. The number of nitrogens with one attached hydrogen (secondary N) is 3. The van der Waals surface area contributed by atoms with Gasteiger partial charge in [0.15, 0.2) is 0 Å². The van der Waals surface area contributed by atoms with Crippen molar-refractivity contribution in [3.05, 3.63) is 165 Å². The number of hydrogen-bond donors (Lipinski definition) is 6. The molecule has 0 aliphatic carbocycles. The number of aromatic hydroxyl groups is 1. The number of carbonyl (C=O) groups excluding carboxylic acids is 1. The minimum absolute atomic E-state index is 0.00368. The second-order valence-electron chi connectivity index (χ2n) is 15.1.